The number of benzene rings is 1. The summed E-state index contributed by atoms with van der Waals surface area (Å²) in [5.74, 6) is 2.85. The molecule has 138 valence electrons. The van der Waals surface area contributed by atoms with E-state index in [0.717, 1.165) is 17.1 Å². The van der Waals surface area contributed by atoms with Gasteiger partial charge in [0.2, 0.25) is 0 Å². The van der Waals surface area contributed by atoms with Gasteiger partial charge in [0.15, 0.2) is 5.96 Å². The van der Waals surface area contributed by atoms with E-state index in [2.05, 4.69) is 15.6 Å². The van der Waals surface area contributed by atoms with Crippen molar-refractivity contribution >= 4 is 29.9 Å². The lowest BCUT2D eigenvalue weighted by Crippen LogP contribution is -2.41. The zero-order valence-electron chi connectivity index (χ0n) is 14.9. The number of aryl methyl sites for hydroxylation is 2. The average molecular weight is 461 g/mol. The minimum absolute atomic E-state index is 0. The first-order chi connectivity index (χ1) is 11.5. The summed E-state index contributed by atoms with van der Waals surface area (Å²) in [5, 5.41) is 6.45. The smallest absolute Gasteiger partial charge is 0.191 e. The molecule has 25 heavy (non-hydrogen) atoms. The van der Waals surface area contributed by atoms with Crippen molar-refractivity contribution in [1.29, 1.82) is 0 Å². The molecule has 0 saturated carbocycles. The van der Waals surface area contributed by atoms with E-state index in [1.165, 1.54) is 12.1 Å². The minimum atomic E-state index is -0.275. The van der Waals surface area contributed by atoms with Gasteiger partial charge in [-0.1, -0.05) is 0 Å². The van der Waals surface area contributed by atoms with Crippen LogP contribution in [0.15, 0.2) is 39.7 Å². The normalized spacial score (nSPS) is 12.3. The average Bonchev–Trinajstić information content (AvgIpc) is 2.87. The second-order valence-corrected chi connectivity index (χ2v) is 5.63. The van der Waals surface area contributed by atoms with Crippen molar-refractivity contribution < 1.29 is 13.5 Å². The quantitative estimate of drug-likeness (QED) is 0.391. The Balaban J connectivity index is 0.00000312. The molecular formula is C18H25FIN3O2. The predicted molar refractivity (Wildman–Crippen MR) is 108 cm³/mol. The van der Waals surface area contributed by atoms with Crippen molar-refractivity contribution in [3.8, 4) is 5.75 Å². The number of hydrogen-bond acceptors (Lipinski definition) is 3. The first-order valence-electron chi connectivity index (χ1n) is 7.90. The van der Waals surface area contributed by atoms with E-state index in [0.29, 0.717) is 24.8 Å². The molecule has 0 radical (unpaired) electrons. The van der Waals surface area contributed by atoms with E-state index >= 15 is 0 Å². The molecule has 7 heteroatoms. The maximum atomic E-state index is 12.9. The second kappa shape index (κ2) is 10.3. The highest BCUT2D eigenvalue weighted by Crippen LogP contribution is 2.13. The summed E-state index contributed by atoms with van der Waals surface area (Å²) in [7, 11) is 1.72. The third-order valence-electron chi connectivity index (χ3n) is 3.52. The monoisotopic (exact) mass is 461 g/mol. The van der Waals surface area contributed by atoms with Crippen molar-refractivity contribution in [2.45, 2.75) is 33.4 Å². The number of aliphatic imine (C=N–C) groups is 1. The van der Waals surface area contributed by atoms with Crippen LogP contribution in [-0.4, -0.2) is 25.7 Å². The molecule has 0 spiro atoms. The van der Waals surface area contributed by atoms with Gasteiger partial charge in [-0.15, -0.1) is 24.0 Å². The van der Waals surface area contributed by atoms with Crippen LogP contribution in [0.1, 0.15) is 24.0 Å². The Morgan fingerprint density at radius 1 is 1.24 bits per heavy atom. The Morgan fingerprint density at radius 2 is 1.92 bits per heavy atom. The molecule has 0 saturated heterocycles. The summed E-state index contributed by atoms with van der Waals surface area (Å²) >= 11 is 0. The number of nitrogens with one attached hydrogen (secondary N) is 2. The maximum Gasteiger partial charge on any atom is 0.191 e. The number of ether oxygens (including phenoxy) is 1. The third-order valence-corrected chi connectivity index (χ3v) is 3.52. The van der Waals surface area contributed by atoms with Crippen molar-refractivity contribution in [3.63, 3.8) is 0 Å². The molecule has 0 aliphatic rings. The summed E-state index contributed by atoms with van der Waals surface area (Å²) < 4.78 is 24.1. The largest absolute Gasteiger partial charge is 0.489 e. The standard InChI is InChI=1S/C18H24FN3O2.HI/c1-12-9-15(14(3)23-12)11-22-18(20-4)21-10-13(2)24-17-7-5-16(19)6-8-17;/h5-9,13H,10-11H2,1-4H3,(H2,20,21,22);1H. The number of furan rings is 1. The van der Waals surface area contributed by atoms with Gasteiger partial charge in [-0.2, -0.15) is 0 Å². The van der Waals surface area contributed by atoms with Crippen LogP contribution < -0.4 is 15.4 Å². The zero-order chi connectivity index (χ0) is 17.5. The zero-order valence-corrected chi connectivity index (χ0v) is 17.3. The fourth-order valence-corrected chi connectivity index (χ4v) is 2.29. The van der Waals surface area contributed by atoms with Crippen LogP contribution >= 0.6 is 24.0 Å². The Morgan fingerprint density at radius 3 is 2.48 bits per heavy atom. The third kappa shape index (κ3) is 6.93. The number of hydrogen-bond donors (Lipinski definition) is 2. The fourth-order valence-electron chi connectivity index (χ4n) is 2.29. The van der Waals surface area contributed by atoms with Crippen LogP contribution in [0, 0.1) is 19.7 Å². The molecule has 2 aromatic rings. The number of rotatable bonds is 6. The number of halogens is 2. The van der Waals surface area contributed by atoms with Crippen molar-refractivity contribution in [1.82, 2.24) is 10.6 Å². The molecule has 2 N–H and O–H groups in total. The lowest BCUT2D eigenvalue weighted by Gasteiger charge is -2.17. The van der Waals surface area contributed by atoms with Gasteiger partial charge in [0.05, 0.1) is 6.54 Å². The van der Waals surface area contributed by atoms with E-state index in [1.54, 1.807) is 19.2 Å². The Labute approximate surface area is 165 Å². The van der Waals surface area contributed by atoms with Crippen molar-refractivity contribution in [2.24, 2.45) is 4.99 Å². The fraction of sp³-hybridized carbons (Fsp3) is 0.389. The van der Waals surface area contributed by atoms with E-state index in [9.17, 15) is 4.39 Å². The first kappa shape index (κ1) is 21.3. The van der Waals surface area contributed by atoms with Gasteiger partial charge in [0.1, 0.15) is 29.2 Å². The van der Waals surface area contributed by atoms with Crippen molar-refractivity contribution in [2.75, 3.05) is 13.6 Å². The van der Waals surface area contributed by atoms with Gasteiger partial charge in [-0.3, -0.25) is 4.99 Å². The summed E-state index contributed by atoms with van der Waals surface area (Å²) in [6.45, 7) is 7.01. The topological polar surface area (TPSA) is 58.8 Å². The lowest BCUT2D eigenvalue weighted by atomic mass is 10.2. The molecule has 1 aromatic carbocycles. The molecule has 1 heterocycles. The van der Waals surface area contributed by atoms with E-state index in [1.807, 2.05) is 26.8 Å². The number of guanidine groups is 1. The highest BCUT2D eigenvalue weighted by Gasteiger charge is 2.08. The molecular weight excluding hydrogens is 436 g/mol. The molecule has 0 bridgehead atoms. The molecule has 2 rings (SSSR count). The second-order valence-electron chi connectivity index (χ2n) is 5.63. The Bertz CT molecular complexity index is 686. The molecule has 0 aliphatic carbocycles. The van der Waals surface area contributed by atoms with E-state index in [4.69, 9.17) is 9.15 Å². The van der Waals surface area contributed by atoms with Crippen LogP contribution in [-0.2, 0) is 6.54 Å². The molecule has 1 aromatic heterocycles. The van der Waals surface area contributed by atoms with Crippen molar-refractivity contribution in [3.05, 3.63) is 53.2 Å². The van der Waals surface area contributed by atoms with E-state index < -0.39 is 0 Å². The Kier molecular flexibility index (Phi) is 8.74. The molecule has 0 amide bonds. The van der Waals surface area contributed by atoms with E-state index in [-0.39, 0.29) is 35.9 Å². The molecule has 5 nitrogen and oxygen atoms in total. The Hall–Kier alpha value is -1.77. The molecule has 1 atom stereocenters. The first-order valence-corrected chi connectivity index (χ1v) is 7.90. The summed E-state index contributed by atoms with van der Waals surface area (Å²) in [6, 6.07) is 8.00. The van der Waals surface area contributed by atoms with Gasteiger partial charge < -0.3 is 19.8 Å². The molecule has 0 aliphatic heterocycles. The maximum absolute atomic E-state index is 12.9. The van der Waals surface area contributed by atoms with Gasteiger partial charge in [0.25, 0.3) is 0 Å². The SMILES string of the molecule is CN=C(NCc1cc(C)oc1C)NCC(C)Oc1ccc(F)cc1.I. The molecule has 1 unspecified atom stereocenters. The van der Waals surface area contributed by atoms with Crippen LogP contribution in [0.4, 0.5) is 4.39 Å². The highest BCUT2D eigenvalue weighted by atomic mass is 127. The van der Waals surface area contributed by atoms with Crippen LogP contribution in [0.25, 0.3) is 0 Å². The summed E-state index contributed by atoms with van der Waals surface area (Å²) in [4.78, 5) is 4.19. The van der Waals surface area contributed by atoms with Gasteiger partial charge >= 0.3 is 0 Å². The van der Waals surface area contributed by atoms with Gasteiger partial charge in [-0.05, 0) is 51.1 Å². The van der Waals surface area contributed by atoms with Crippen LogP contribution in [0.3, 0.4) is 0 Å². The van der Waals surface area contributed by atoms with Crippen LogP contribution in [0.5, 0.6) is 5.75 Å². The van der Waals surface area contributed by atoms with Gasteiger partial charge in [0, 0.05) is 19.2 Å². The lowest BCUT2D eigenvalue weighted by molar-refractivity contribution is 0.223. The number of nitrogens with zero attached hydrogens (tertiary/aromatic N) is 1. The predicted octanol–water partition coefficient (Wildman–Crippen LogP) is 3.79. The van der Waals surface area contributed by atoms with Gasteiger partial charge in [-0.25, -0.2) is 4.39 Å². The minimum Gasteiger partial charge on any atom is -0.489 e. The summed E-state index contributed by atoms with van der Waals surface area (Å²) in [5.41, 5.74) is 1.10. The molecule has 0 fully saturated rings. The highest BCUT2D eigenvalue weighted by molar-refractivity contribution is 14.0. The summed E-state index contributed by atoms with van der Waals surface area (Å²) in [6.07, 6.45) is -0.0908. The van der Waals surface area contributed by atoms with Crippen LogP contribution in [0.2, 0.25) is 0 Å².